The normalized spacial score (nSPS) is 37.0. The van der Waals surface area contributed by atoms with Gasteiger partial charge in [-0.1, -0.05) is 18.6 Å². The zero-order valence-electron chi connectivity index (χ0n) is 13.3. The zero-order chi connectivity index (χ0) is 16.0. The molecular weight excluding hydrogens is 294 g/mol. The van der Waals surface area contributed by atoms with Crippen molar-refractivity contribution in [1.82, 2.24) is 0 Å². The van der Waals surface area contributed by atoms with Crippen LogP contribution in [0, 0.1) is 16.7 Å². The highest BCUT2D eigenvalue weighted by molar-refractivity contribution is 5.78. The lowest BCUT2D eigenvalue weighted by atomic mass is 9.58. The number of fused-ring (bicyclic) bond motifs is 2. The van der Waals surface area contributed by atoms with Crippen LogP contribution in [0.3, 0.4) is 0 Å². The molecule has 23 heavy (non-hydrogen) atoms. The second-order valence-corrected chi connectivity index (χ2v) is 7.95. The van der Waals surface area contributed by atoms with E-state index in [9.17, 15) is 13.9 Å². The van der Waals surface area contributed by atoms with Gasteiger partial charge in [-0.15, -0.1) is 0 Å². The van der Waals surface area contributed by atoms with E-state index in [0.29, 0.717) is 23.7 Å². The monoisotopic (exact) mass is 314 g/mol. The van der Waals surface area contributed by atoms with Crippen LogP contribution in [0.1, 0.15) is 50.2 Å². The molecule has 2 saturated carbocycles. The van der Waals surface area contributed by atoms with Crippen LogP contribution in [0.25, 0.3) is 5.57 Å². The van der Waals surface area contributed by atoms with Crippen molar-refractivity contribution in [3.63, 3.8) is 0 Å². The Balaban J connectivity index is 1.70. The molecule has 4 aliphatic carbocycles. The molecule has 5 rings (SSSR count). The summed E-state index contributed by atoms with van der Waals surface area (Å²) < 4.78 is 27.0. The van der Waals surface area contributed by atoms with Crippen LogP contribution in [-0.2, 0) is 6.42 Å². The van der Waals surface area contributed by atoms with Crippen LogP contribution in [0.15, 0.2) is 35.4 Å². The molecule has 0 saturated heterocycles. The third-order valence-electron chi connectivity index (χ3n) is 7.27. The Morgan fingerprint density at radius 3 is 2.83 bits per heavy atom. The second-order valence-electron chi connectivity index (χ2n) is 7.95. The number of aromatic hydroxyl groups is 1. The number of hydrogen-bond acceptors (Lipinski definition) is 1. The molecular formula is C20H20F2O. The van der Waals surface area contributed by atoms with E-state index in [0.717, 1.165) is 32.1 Å². The minimum Gasteiger partial charge on any atom is -0.508 e. The van der Waals surface area contributed by atoms with Crippen molar-refractivity contribution >= 4 is 5.57 Å². The van der Waals surface area contributed by atoms with Gasteiger partial charge in [-0.25, -0.2) is 0 Å². The molecule has 0 amide bonds. The van der Waals surface area contributed by atoms with E-state index in [2.05, 4.69) is 6.92 Å². The van der Waals surface area contributed by atoms with Crippen LogP contribution in [0.5, 0.6) is 5.75 Å². The molecule has 1 spiro atoms. The van der Waals surface area contributed by atoms with Crippen molar-refractivity contribution in [2.24, 2.45) is 16.7 Å². The third kappa shape index (κ3) is 1.47. The van der Waals surface area contributed by atoms with Gasteiger partial charge in [0.2, 0.25) is 0 Å². The largest absolute Gasteiger partial charge is 0.508 e. The highest BCUT2D eigenvalue weighted by Gasteiger charge is 2.73. The summed E-state index contributed by atoms with van der Waals surface area (Å²) in [4.78, 5) is 0. The lowest BCUT2D eigenvalue weighted by Crippen LogP contribution is -2.35. The van der Waals surface area contributed by atoms with E-state index in [4.69, 9.17) is 0 Å². The molecule has 0 unspecified atom stereocenters. The number of hydrogen-bond donors (Lipinski definition) is 1. The standard InChI is InChI=1S/C20H20F2O/c1-19-7-6-15-14-4-3-13(23)8-11(14)2-5-16(15)20(19)10-12(20)9-17(19)18(21)22/h3-4,8,12,23H,2,5-7,9-10H2,1H3/t12-,19-,20+/m1/s1. The smallest absolute Gasteiger partial charge is 0.270 e. The van der Waals surface area contributed by atoms with Gasteiger partial charge in [-0.2, -0.15) is 8.78 Å². The summed E-state index contributed by atoms with van der Waals surface area (Å²) in [5.74, 6) is 0.745. The van der Waals surface area contributed by atoms with E-state index >= 15 is 0 Å². The molecule has 2 fully saturated rings. The molecule has 3 atom stereocenters. The average Bonchev–Trinajstić information content (AvgIpc) is 3.17. The second kappa shape index (κ2) is 4.06. The molecule has 4 aliphatic rings. The summed E-state index contributed by atoms with van der Waals surface area (Å²) in [6.07, 6.45) is 3.86. The van der Waals surface area contributed by atoms with Crippen molar-refractivity contribution in [1.29, 1.82) is 0 Å². The summed E-state index contributed by atoms with van der Waals surface area (Å²) in [5.41, 5.74) is 5.45. The quantitative estimate of drug-likeness (QED) is 0.675. The Morgan fingerprint density at radius 1 is 1.22 bits per heavy atom. The number of rotatable bonds is 0. The number of phenolic OH excluding ortho intramolecular Hbond substituents is 1. The van der Waals surface area contributed by atoms with Gasteiger partial charge in [-0.3, -0.25) is 0 Å². The molecule has 0 aromatic heterocycles. The Bertz CT molecular complexity index is 802. The molecule has 3 heteroatoms. The van der Waals surface area contributed by atoms with Gasteiger partial charge in [0, 0.05) is 16.4 Å². The van der Waals surface area contributed by atoms with E-state index in [1.165, 1.54) is 22.3 Å². The van der Waals surface area contributed by atoms with E-state index in [1.807, 2.05) is 12.1 Å². The predicted octanol–water partition coefficient (Wildman–Crippen LogP) is 5.45. The van der Waals surface area contributed by atoms with Gasteiger partial charge >= 0.3 is 0 Å². The summed E-state index contributed by atoms with van der Waals surface area (Å²) in [6.45, 7) is 2.09. The molecule has 0 bridgehead atoms. The van der Waals surface area contributed by atoms with E-state index < -0.39 is 6.08 Å². The first-order valence-electron chi connectivity index (χ1n) is 8.57. The van der Waals surface area contributed by atoms with Crippen LogP contribution in [0.4, 0.5) is 8.78 Å². The van der Waals surface area contributed by atoms with Gasteiger partial charge in [0.1, 0.15) is 5.75 Å². The average molecular weight is 314 g/mol. The van der Waals surface area contributed by atoms with Crippen molar-refractivity contribution in [3.8, 4) is 5.75 Å². The third-order valence-corrected chi connectivity index (χ3v) is 7.27. The fourth-order valence-electron chi connectivity index (χ4n) is 6.16. The highest BCUT2D eigenvalue weighted by Crippen LogP contribution is 2.82. The Labute approximate surface area is 134 Å². The van der Waals surface area contributed by atoms with Crippen LogP contribution >= 0.6 is 0 Å². The Hall–Kier alpha value is -1.64. The minimum atomic E-state index is -1.43. The molecule has 1 aromatic rings. The number of allylic oxidation sites excluding steroid dienone is 3. The summed E-state index contributed by atoms with van der Waals surface area (Å²) in [7, 11) is 0. The van der Waals surface area contributed by atoms with Gasteiger partial charge < -0.3 is 5.11 Å². The molecule has 1 aromatic carbocycles. The molecule has 1 N–H and O–H groups in total. The molecule has 0 heterocycles. The lowest BCUT2D eigenvalue weighted by Gasteiger charge is -2.45. The first-order valence-corrected chi connectivity index (χ1v) is 8.57. The highest BCUT2D eigenvalue weighted by atomic mass is 19.3. The first-order chi connectivity index (χ1) is 11.0. The maximum Gasteiger partial charge on any atom is 0.270 e. The van der Waals surface area contributed by atoms with Crippen LogP contribution < -0.4 is 0 Å². The van der Waals surface area contributed by atoms with E-state index in [-0.39, 0.29) is 10.8 Å². The molecule has 0 radical (unpaired) electrons. The maximum absolute atomic E-state index is 13.5. The SMILES string of the molecule is C[C@]12CCC3=C(CCc4cc(O)ccc43)[C@@]13C[C@H]3CC2=C(F)F. The van der Waals surface area contributed by atoms with Crippen LogP contribution in [-0.4, -0.2) is 5.11 Å². The molecule has 0 aliphatic heterocycles. The first kappa shape index (κ1) is 13.8. The number of phenols is 1. The zero-order valence-corrected chi connectivity index (χ0v) is 13.3. The minimum absolute atomic E-state index is 0.00885. The fraction of sp³-hybridized carbons (Fsp3) is 0.500. The maximum atomic E-state index is 13.5. The van der Waals surface area contributed by atoms with Gasteiger partial charge in [0.25, 0.3) is 6.08 Å². The number of aryl methyl sites for hydroxylation is 1. The number of benzene rings is 1. The lowest BCUT2D eigenvalue weighted by molar-refractivity contribution is 0.217. The van der Waals surface area contributed by atoms with Gasteiger partial charge in [-0.05, 0) is 73.3 Å². The van der Waals surface area contributed by atoms with E-state index in [1.54, 1.807) is 6.07 Å². The predicted molar refractivity (Wildman–Crippen MR) is 85.1 cm³/mol. The van der Waals surface area contributed by atoms with Gasteiger partial charge in [0.15, 0.2) is 0 Å². The van der Waals surface area contributed by atoms with Crippen molar-refractivity contribution in [2.45, 2.75) is 45.4 Å². The molecule has 1 nitrogen and oxygen atoms in total. The Morgan fingerprint density at radius 2 is 2.04 bits per heavy atom. The van der Waals surface area contributed by atoms with Crippen molar-refractivity contribution in [2.75, 3.05) is 0 Å². The van der Waals surface area contributed by atoms with Crippen molar-refractivity contribution < 1.29 is 13.9 Å². The summed E-state index contributed by atoms with van der Waals surface area (Å²) in [6, 6.07) is 5.65. The van der Waals surface area contributed by atoms with Crippen molar-refractivity contribution in [3.05, 3.63) is 46.6 Å². The van der Waals surface area contributed by atoms with Crippen LogP contribution in [0.2, 0.25) is 0 Å². The fourth-order valence-corrected chi connectivity index (χ4v) is 6.16. The summed E-state index contributed by atoms with van der Waals surface area (Å²) >= 11 is 0. The Kier molecular flexibility index (Phi) is 2.43. The topological polar surface area (TPSA) is 20.2 Å². The summed E-state index contributed by atoms with van der Waals surface area (Å²) in [5, 5.41) is 9.72. The molecule has 120 valence electrons. The number of halogens is 2. The van der Waals surface area contributed by atoms with Gasteiger partial charge in [0.05, 0.1) is 0 Å².